The van der Waals surface area contributed by atoms with Crippen molar-refractivity contribution in [1.29, 1.82) is 0 Å². The van der Waals surface area contributed by atoms with Crippen LogP contribution in [0.4, 0.5) is 4.39 Å². The van der Waals surface area contributed by atoms with Gasteiger partial charge in [0.1, 0.15) is 5.82 Å². The van der Waals surface area contributed by atoms with Gasteiger partial charge in [-0.05, 0) is 86.3 Å². The lowest BCUT2D eigenvalue weighted by atomic mass is 9.89. The molecule has 0 radical (unpaired) electrons. The van der Waals surface area contributed by atoms with E-state index in [9.17, 15) is 18.0 Å². The number of allylic oxidation sites excluding steroid dienone is 1. The molecule has 2 aromatic carbocycles. The second-order valence-corrected chi connectivity index (χ2v) is 12.4. The fraction of sp³-hybridized carbons (Fsp3) is 0.438. The largest absolute Gasteiger partial charge is 0.466 e. The summed E-state index contributed by atoms with van der Waals surface area (Å²) in [5.41, 5.74) is 3.02. The predicted molar refractivity (Wildman–Crippen MR) is 163 cm³/mol. The van der Waals surface area contributed by atoms with Crippen molar-refractivity contribution in [3.63, 3.8) is 0 Å². The summed E-state index contributed by atoms with van der Waals surface area (Å²) in [5, 5.41) is 3.16. The maximum absolute atomic E-state index is 16.2. The SMILES string of the molecule is C=CCCCCc1cccc(Cl)c1-c1cc(C2CC2)c(F)c([C@H](CC(=O)OCC)NC(=O)[C@@H](CC=C)OS(C)(=O)=O)c1. The molecule has 2 aromatic rings. The van der Waals surface area contributed by atoms with Gasteiger partial charge in [-0.25, -0.2) is 4.39 Å². The van der Waals surface area contributed by atoms with Crippen molar-refractivity contribution in [3.05, 3.63) is 83.2 Å². The Balaban J connectivity index is 2.11. The number of hydrogen-bond donors (Lipinski definition) is 1. The molecule has 228 valence electrons. The molecule has 1 aliphatic carbocycles. The average Bonchev–Trinajstić information content (AvgIpc) is 3.76. The van der Waals surface area contributed by atoms with Gasteiger partial charge < -0.3 is 10.1 Å². The van der Waals surface area contributed by atoms with Gasteiger partial charge >= 0.3 is 5.97 Å². The first-order valence-electron chi connectivity index (χ1n) is 14.2. The lowest BCUT2D eigenvalue weighted by Crippen LogP contribution is -2.40. The van der Waals surface area contributed by atoms with Crippen molar-refractivity contribution in [2.45, 2.75) is 76.4 Å². The van der Waals surface area contributed by atoms with E-state index in [1.165, 1.54) is 6.08 Å². The predicted octanol–water partition coefficient (Wildman–Crippen LogP) is 6.95. The number of esters is 1. The van der Waals surface area contributed by atoms with E-state index in [-0.39, 0.29) is 30.9 Å². The highest BCUT2D eigenvalue weighted by molar-refractivity contribution is 7.86. The van der Waals surface area contributed by atoms with E-state index in [2.05, 4.69) is 18.5 Å². The minimum absolute atomic E-state index is 0.00301. The van der Waals surface area contributed by atoms with Crippen molar-refractivity contribution in [1.82, 2.24) is 5.32 Å². The van der Waals surface area contributed by atoms with Crippen molar-refractivity contribution in [3.8, 4) is 11.1 Å². The van der Waals surface area contributed by atoms with Crippen LogP contribution in [-0.2, 0) is 35.0 Å². The quantitative estimate of drug-likeness (QED) is 0.0890. The Morgan fingerprint density at radius 1 is 1.19 bits per heavy atom. The van der Waals surface area contributed by atoms with Gasteiger partial charge in [0.25, 0.3) is 16.0 Å². The molecule has 1 N–H and O–H groups in total. The molecule has 10 heteroatoms. The first-order chi connectivity index (χ1) is 20.0. The third-order valence-corrected chi connectivity index (χ3v) is 7.87. The van der Waals surface area contributed by atoms with Gasteiger partial charge in [-0.15, -0.1) is 13.2 Å². The van der Waals surface area contributed by atoms with E-state index in [0.29, 0.717) is 16.1 Å². The molecule has 0 heterocycles. The summed E-state index contributed by atoms with van der Waals surface area (Å²) in [6.45, 7) is 9.08. The lowest BCUT2D eigenvalue weighted by Gasteiger charge is -2.24. The number of benzene rings is 2. The van der Waals surface area contributed by atoms with Crippen LogP contribution in [0.5, 0.6) is 0 Å². The van der Waals surface area contributed by atoms with Crippen LogP contribution in [0.3, 0.4) is 0 Å². The smallest absolute Gasteiger partial charge is 0.308 e. The molecule has 0 unspecified atom stereocenters. The van der Waals surface area contributed by atoms with E-state index in [0.717, 1.165) is 55.9 Å². The van der Waals surface area contributed by atoms with Crippen LogP contribution < -0.4 is 5.32 Å². The maximum atomic E-state index is 16.2. The van der Waals surface area contributed by atoms with Gasteiger partial charge in [0.2, 0.25) is 0 Å². The Morgan fingerprint density at radius 2 is 1.93 bits per heavy atom. The van der Waals surface area contributed by atoms with Crippen LogP contribution in [0, 0.1) is 5.82 Å². The van der Waals surface area contributed by atoms with Crippen LogP contribution in [0.1, 0.15) is 80.5 Å². The Labute approximate surface area is 253 Å². The van der Waals surface area contributed by atoms with E-state index in [4.69, 9.17) is 20.5 Å². The molecule has 1 saturated carbocycles. The Bertz CT molecular complexity index is 1410. The van der Waals surface area contributed by atoms with Gasteiger partial charge in [-0.2, -0.15) is 8.42 Å². The molecule has 2 atom stereocenters. The molecule has 7 nitrogen and oxygen atoms in total. The summed E-state index contributed by atoms with van der Waals surface area (Å²) in [4.78, 5) is 25.9. The topological polar surface area (TPSA) is 98.8 Å². The summed E-state index contributed by atoms with van der Waals surface area (Å²) in [6.07, 6.45) is 7.28. The Kier molecular flexibility index (Phi) is 12.3. The minimum atomic E-state index is -4.00. The molecule has 1 fully saturated rings. The van der Waals surface area contributed by atoms with Gasteiger partial charge in [0.05, 0.1) is 25.3 Å². The molecule has 1 aliphatic rings. The van der Waals surface area contributed by atoms with Crippen molar-refractivity contribution >= 4 is 33.6 Å². The molecular formula is C32H39ClFNO6S. The maximum Gasteiger partial charge on any atom is 0.308 e. The Hall–Kier alpha value is -3.01. The number of halogens is 2. The molecular weight excluding hydrogens is 581 g/mol. The molecule has 0 saturated heterocycles. The molecule has 0 bridgehead atoms. The van der Waals surface area contributed by atoms with E-state index in [1.54, 1.807) is 19.1 Å². The summed E-state index contributed by atoms with van der Waals surface area (Å²) in [5.74, 6) is -2.00. The first-order valence-corrected chi connectivity index (χ1v) is 16.4. The van der Waals surface area contributed by atoms with Crippen LogP contribution in [0.15, 0.2) is 55.6 Å². The summed E-state index contributed by atoms with van der Waals surface area (Å²) in [7, 11) is -4.00. The highest BCUT2D eigenvalue weighted by Gasteiger charge is 2.33. The monoisotopic (exact) mass is 619 g/mol. The number of unbranched alkanes of at least 4 members (excludes halogenated alkanes) is 2. The third-order valence-electron chi connectivity index (χ3n) is 6.97. The highest BCUT2D eigenvalue weighted by atomic mass is 35.5. The van der Waals surface area contributed by atoms with E-state index >= 15 is 4.39 Å². The molecule has 0 spiro atoms. The zero-order chi connectivity index (χ0) is 30.9. The summed E-state index contributed by atoms with van der Waals surface area (Å²) < 4.78 is 49.9. The van der Waals surface area contributed by atoms with Crippen LogP contribution in [0.2, 0.25) is 5.02 Å². The lowest BCUT2D eigenvalue weighted by molar-refractivity contribution is -0.144. The minimum Gasteiger partial charge on any atom is -0.466 e. The van der Waals surface area contributed by atoms with Crippen molar-refractivity contribution in [2.24, 2.45) is 0 Å². The number of rotatable bonds is 17. The number of amides is 1. The fourth-order valence-corrected chi connectivity index (χ4v) is 5.80. The third kappa shape index (κ3) is 9.51. The summed E-state index contributed by atoms with van der Waals surface area (Å²) in [6, 6.07) is 7.91. The number of aryl methyl sites for hydroxylation is 1. The van der Waals surface area contributed by atoms with Gasteiger partial charge in [0.15, 0.2) is 6.10 Å². The highest BCUT2D eigenvalue weighted by Crippen LogP contribution is 2.45. The van der Waals surface area contributed by atoms with Gasteiger partial charge in [-0.3, -0.25) is 13.8 Å². The average molecular weight is 620 g/mol. The number of carbonyl (C=O) groups is 2. The fourth-order valence-electron chi connectivity index (χ4n) is 4.91. The molecule has 0 aromatic heterocycles. The number of ether oxygens (including phenoxy) is 1. The molecule has 3 rings (SSSR count). The normalized spacial score (nSPS) is 14.6. The zero-order valence-electron chi connectivity index (χ0n) is 24.2. The van der Waals surface area contributed by atoms with Gasteiger partial charge in [0, 0.05) is 22.6 Å². The molecule has 1 amide bonds. The van der Waals surface area contributed by atoms with E-state index < -0.39 is 40.0 Å². The summed E-state index contributed by atoms with van der Waals surface area (Å²) >= 11 is 6.73. The second kappa shape index (κ2) is 15.5. The Morgan fingerprint density at radius 3 is 2.55 bits per heavy atom. The van der Waals surface area contributed by atoms with Crippen molar-refractivity contribution in [2.75, 3.05) is 12.9 Å². The number of carbonyl (C=O) groups excluding carboxylic acids is 2. The van der Waals surface area contributed by atoms with E-state index in [1.807, 2.05) is 24.3 Å². The molecule has 0 aliphatic heterocycles. The standard InChI is InChI=1S/C32H39ClFNO6S/c1-5-8-9-10-13-22-14-11-15-26(33)30(22)23-18-24(21-16-17-21)31(34)25(19-23)27(20-29(36)40-7-3)35-32(37)28(12-6-2)41-42(4,38)39/h5-6,11,14-15,18-19,21,27-28H,1-2,7-10,12-13,16-17,20H2,3-4H3,(H,35,37)/t27-,28+/m0/s1. The second-order valence-electron chi connectivity index (χ2n) is 10.4. The zero-order valence-corrected chi connectivity index (χ0v) is 25.7. The van der Waals surface area contributed by atoms with Crippen LogP contribution >= 0.6 is 11.6 Å². The van der Waals surface area contributed by atoms with Gasteiger partial charge in [-0.1, -0.05) is 35.9 Å². The van der Waals surface area contributed by atoms with Crippen LogP contribution in [-0.4, -0.2) is 39.3 Å². The van der Waals surface area contributed by atoms with Crippen LogP contribution in [0.25, 0.3) is 11.1 Å². The van der Waals surface area contributed by atoms with Crippen molar-refractivity contribution < 1.29 is 31.3 Å². The first kappa shape index (κ1) is 33.5. The molecule has 42 heavy (non-hydrogen) atoms. The number of hydrogen-bond acceptors (Lipinski definition) is 6. The number of nitrogens with one attached hydrogen (secondary N) is 1.